The van der Waals surface area contributed by atoms with Crippen LogP contribution < -0.4 is 4.90 Å². The minimum Gasteiger partial charge on any atom is -0.456 e. The van der Waals surface area contributed by atoms with Crippen LogP contribution in [0.25, 0.3) is 86.3 Å². The zero-order chi connectivity index (χ0) is 36.3. The average molecular weight is 720 g/mol. The Kier molecular flexibility index (Phi) is 7.39. The number of anilines is 3. The van der Waals surface area contributed by atoms with E-state index in [4.69, 9.17) is 4.42 Å². The molecule has 0 fully saturated rings. The molecule has 0 radical (unpaired) electrons. The maximum atomic E-state index is 6.41. The topological polar surface area (TPSA) is 16.4 Å². The number of thiophene rings is 1. The molecule has 0 atom stereocenters. The fourth-order valence-corrected chi connectivity index (χ4v) is 9.69. The van der Waals surface area contributed by atoms with Crippen molar-refractivity contribution in [3.8, 4) is 33.4 Å². The quantitative estimate of drug-likeness (QED) is 0.170. The van der Waals surface area contributed by atoms with E-state index in [0.29, 0.717) is 0 Å². The van der Waals surface area contributed by atoms with Crippen LogP contribution in [0, 0.1) is 0 Å². The van der Waals surface area contributed by atoms with Gasteiger partial charge in [-0.15, -0.1) is 11.3 Å². The number of hydrogen-bond donors (Lipinski definition) is 0. The lowest BCUT2D eigenvalue weighted by atomic mass is 9.94. The first-order valence-electron chi connectivity index (χ1n) is 18.7. The highest BCUT2D eigenvalue weighted by atomic mass is 32.1. The van der Waals surface area contributed by atoms with E-state index in [2.05, 4.69) is 199 Å². The summed E-state index contributed by atoms with van der Waals surface area (Å²) in [6, 6.07) is 72.2. The molecule has 0 saturated heterocycles. The molecule has 0 aliphatic rings. The van der Waals surface area contributed by atoms with Gasteiger partial charge in [0.25, 0.3) is 0 Å². The van der Waals surface area contributed by atoms with Crippen molar-refractivity contribution in [2.75, 3.05) is 4.90 Å². The molecular weight excluding hydrogens is 687 g/mol. The minimum absolute atomic E-state index is 0.884. The fraction of sp³-hybridized carbons (Fsp3) is 0. The lowest BCUT2D eigenvalue weighted by Crippen LogP contribution is -2.12. The first-order chi connectivity index (χ1) is 27.3. The molecule has 55 heavy (non-hydrogen) atoms. The van der Waals surface area contributed by atoms with Gasteiger partial charge < -0.3 is 9.32 Å². The number of para-hydroxylation sites is 3. The Morgan fingerprint density at radius 3 is 1.82 bits per heavy atom. The lowest BCUT2D eigenvalue weighted by molar-refractivity contribution is 0.669. The molecule has 2 nitrogen and oxygen atoms in total. The zero-order valence-electron chi connectivity index (χ0n) is 29.8. The van der Waals surface area contributed by atoms with Crippen LogP contribution in [0.2, 0.25) is 0 Å². The van der Waals surface area contributed by atoms with Crippen molar-refractivity contribution >= 4 is 81.3 Å². The SMILES string of the molecule is c1cc(-c2cccc3c2sc2ccccc23)cc(N(c2ccccc2-c2cccc3ccccc23)c2ccccc2-c2cccc3oc4ccccc4c23)c1. The normalized spacial score (nSPS) is 11.6. The molecule has 11 rings (SSSR count). The Labute approximate surface area is 322 Å². The number of rotatable bonds is 6. The van der Waals surface area contributed by atoms with E-state index in [1.54, 1.807) is 0 Å². The lowest BCUT2D eigenvalue weighted by Gasteiger charge is -2.30. The molecule has 0 saturated carbocycles. The summed E-state index contributed by atoms with van der Waals surface area (Å²) in [6.07, 6.45) is 0. The molecule has 2 heterocycles. The fourth-order valence-electron chi connectivity index (χ4n) is 8.45. The smallest absolute Gasteiger partial charge is 0.136 e. The number of nitrogens with zero attached hydrogens (tertiary/aromatic N) is 1. The van der Waals surface area contributed by atoms with Gasteiger partial charge in [-0.1, -0.05) is 158 Å². The molecular formula is C52H33NOS. The predicted molar refractivity (Wildman–Crippen MR) is 235 cm³/mol. The van der Waals surface area contributed by atoms with Crippen LogP contribution in [0.4, 0.5) is 17.1 Å². The maximum Gasteiger partial charge on any atom is 0.136 e. The number of furan rings is 1. The van der Waals surface area contributed by atoms with E-state index in [0.717, 1.165) is 55.7 Å². The summed E-state index contributed by atoms with van der Waals surface area (Å²) < 4.78 is 9.03. The van der Waals surface area contributed by atoms with Gasteiger partial charge in [-0.05, 0) is 75.5 Å². The second-order valence-corrected chi connectivity index (χ2v) is 15.1. The van der Waals surface area contributed by atoms with Gasteiger partial charge in [-0.3, -0.25) is 0 Å². The largest absolute Gasteiger partial charge is 0.456 e. The van der Waals surface area contributed by atoms with E-state index in [9.17, 15) is 0 Å². The molecule has 2 aromatic heterocycles. The van der Waals surface area contributed by atoms with E-state index < -0.39 is 0 Å². The van der Waals surface area contributed by atoms with Crippen LogP contribution in [0.5, 0.6) is 0 Å². The summed E-state index contributed by atoms with van der Waals surface area (Å²) in [5, 5.41) is 7.29. The molecule has 0 unspecified atom stereocenters. The van der Waals surface area contributed by atoms with E-state index in [1.165, 1.54) is 47.6 Å². The van der Waals surface area contributed by atoms with Crippen molar-refractivity contribution in [2.45, 2.75) is 0 Å². The summed E-state index contributed by atoms with van der Waals surface area (Å²) >= 11 is 1.87. The number of benzene rings is 9. The van der Waals surface area contributed by atoms with E-state index in [-0.39, 0.29) is 0 Å². The molecule has 11 aromatic rings. The molecule has 0 N–H and O–H groups in total. The van der Waals surface area contributed by atoms with Gasteiger partial charge in [-0.25, -0.2) is 0 Å². The molecule has 0 amide bonds. The Balaban J connectivity index is 1.19. The molecule has 3 heteroatoms. The first kappa shape index (κ1) is 31.6. The van der Waals surface area contributed by atoms with Gasteiger partial charge in [0, 0.05) is 47.8 Å². The third-order valence-electron chi connectivity index (χ3n) is 10.9. The van der Waals surface area contributed by atoms with Gasteiger partial charge >= 0.3 is 0 Å². The summed E-state index contributed by atoms with van der Waals surface area (Å²) in [6.45, 7) is 0. The summed E-state index contributed by atoms with van der Waals surface area (Å²) in [5.74, 6) is 0. The highest BCUT2D eigenvalue weighted by Gasteiger charge is 2.23. The van der Waals surface area contributed by atoms with Crippen LogP contribution in [0.1, 0.15) is 0 Å². The van der Waals surface area contributed by atoms with Gasteiger partial charge in [0.1, 0.15) is 11.2 Å². The first-order valence-corrected chi connectivity index (χ1v) is 19.5. The number of fused-ring (bicyclic) bond motifs is 7. The molecule has 9 aromatic carbocycles. The Bertz CT molecular complexity index is 3240. The van der Waals surface area contributed by atoms with Crippen molar-refractivity contribution in [2.24, 2.45) is 0 Å². The van der Waals surface area contributed by atoms with E-state index in [1.807, 2.05) is 17.4 Å². The molecule has 258 valence electrons. The van der Waals surface area contributed by atoms with Crippen molar-refractivity contribution < 1.29 is 4.42 Å². The standard InChI is InChI=1S/C52H33NOS/c1-2-19-37-34(15-1)16-12-25-39(37)40-20-3-7-28-46(40)53(36-18-11-17-35(33-36)38-24-13-27-44-42-22-6-10-32-50(42)55-52(38)44)47-29-8-4-21-41(47)43-26-14-31-49-51(43)45-23-5-9-30-48(45)54-49/h1-33H. The number of hydrogen-bond acceptors (Lipinski definition) is 3. The summed E-state index contributed by atoms with van der Waals surface area (Å²) in [5.41, 5.74) is 12.1. The second kappa shape index (κ2) is 12.9. The van der Waals surface area contributed by atoms with Crippen molar-refractivity contribution in [1.82, 2.24) is 0 Å². The third-order valence-corrected chi connectivity index (χ3v) is 12.1. The van der Waals surface area contributed by atoms with Crippen molar-refractivity contribution in [1.29, 1.82) is 0 Å². The monoisotopic (exact) mass is 719 g/mol. The van der Waals surface area contributed by atoms with Crippen LogP contribution in [-0.2, 0) is 0 Å². The Morgan fingerprint density at radius 1 is 0.382 bits per heavy atom. The maximum absolute atomic E-state index is 6.41. The predicted octanol–water partition coefficient (Wildman–Crippen LogP) is 15.6. The Morgan fingerprint density at radius 2 is 0.945 bits per heavy atom. The van der Waals surface area contributed by atoms with Gasteiger partial charge in [0.05, 0.1) is 11.4 Å². The summed E-state index contributed by atoms with van der Waals surface area (Å²) in [7, 11) is 0. The van der Waals surface area contributed by atoms with E-state index >= 15 is 0 Å². The molecule has 0 aliphatic carbocycles. The van der Waals surface area contributed by atoms with Crippen LogP contribution in [0.15, 0.2) is 205 Å². The molecule has 0 bridgehead atoms. The average Bonchev–Trinajstić information content (AvgIpc) is 3.83. The zero-order valence-corrected chi connectivity index (χ0v) is 30.6. The highest BCUT2D eigenvalue weighted by Crippen LogP contribution is 2.49. The van der Waals surface area contributed by atoms with Crippen LogP contribution >= 0.6 is 11.3 Å². The van der Waals surface area contributed by atoms with Crippen molar-refractivity contribution in [3.63, 3.8) is 0 Å². The third kappa shape index (κ3) is 5.16. The Hall–Kier alpha value is -6.94. The second-order valence-electron chi connectivity index (χ2n) is 14.0. The van der Waals surface area contributed by atoms with Crippen LogP contribution in [-0.4, -0.2) is 0 Å². The molecule has 0 spiro atoms. The minimum atomic E-state index is 0.884. The van der Waals surface area contributed by atoms with Crippen molar-refractivity contribution in [3.05, 3.63) is 200 Å². The van der Waals surface area contributed by atoms with Gasteiger partial charge in [0.15, 0.2) is 0 Å². The van der Waals surface area contributed by atoms with Gasteiger partial charge in [-0.2, -0.15) is 0 Å². The molecule has 0 aliphatic heterocycles. The van der Waals surface area contributed by atoms with Gasteiger partial charge in [0.2, 0.25) is 0 Å². The summed E-state index contributed by atoms with van der Waals surface area (Å²) in [4.78, 5) is 2.46. The van der Waals surface area contributed by atoms with Crippen LogP contribution in [0.3, 0.4) is 0 Å². The highest BCUT2D eigenvalue weighted by molar-refractivity contribution is 7.26.